The predicted octanol–water partition coefficient (Wildman–Crippen LogP) is 5.69. The van der Waals surface area contributed by atoms with Gasteiger partial charge in [0.15, 0.2) is 0 Å². The molecule has 0 amide bonds. The van der Waals surface area contributed by atoms with E-state index in [0.717, 1.165) is 21.1 Å². The zero-order valence-corrected chi connectivity index (χ0v) is 15.0. The molecule has 0 aliphatic carbocycles. The quantitative estimate of drug-likeness (QED) is 0.478. The molecule has 0 spiro atoms. The van der Waals surface area contributed by atoms with E-state index in [1.807, 2.05) is 6.07 Å². The number of nitrogens with zero attached hydrogens (tertiary/aromatic N) is 1. The number of ether oxygens (including phenoxy) is 1. The minimum atomic E-state index is -4.39. The number of hydrazone groups is 1. The maximum atomic E-state index is 12.6. The molecule has 0 bridgehead atoms. The first kappa shape index (κ1) is 17.8. The highest BCUT2D eigenvalue weighted by molar-refractivity contribution is 9.11. The maximum Gasteiger partial charge on any atom is 0.416 e. The smallest absolute Gasteiger partial charge is 0.416 e. The summed E-state index contributed by atoms with van der Waals surface area (Å²) >= 11 is 6.72. The Bertz CT molecular complexity index is 733. The van der Waals surface area contributed by atoms with Crippen LogP contribution in [0, 0.1) is 0 Å². The number of rotatable bonds is 4. The van der Waals surface area contributed by atoms with E-state index in [1.54, 1.807) is 6.07 Å². The minimum absolute atomic E-state index is 0.240. The maximum absolute atomic E-state index is 12.6. The number of hydrogen-bond acceptors (Lipinski definition) is 3. The van der Waals surface area contributed by atoms with Gasteiger partial charge >= 0.3 is 6.18 Å². The second-order valence-electron chi connectivity index (χ2n) is 4.46. The van der Waals surface area contributed by atoms with Gasteiger partial charge in [-0.1, -0.05) is 22.0 Å². The van der Waals surface area contributed by atoms with Crippen molar-refractivity contribution in [1.82, 2.24) is 0 Å². The van der Waals surface area contributed by atoms with Crippen LogP contribution in [0.2, 0.25) is 0 Å². The number of alkyl halides is 3. The molecule has 0 aliphatic heterocycles. The zero-order valence-electron chi connectivity index (χ0n) is 11.8. The molecule has 0 atom stereocenters. The third-order valence-corrected chi connectivity index (χ3v) is 3.88. The summed E-state index contributed by atoms with van der Waals surface area (Å²) in [5, 5.41) is 3.96. The van der Waals surface area contributed by atoms with Gasteiger partial charge in [-0.15, -0.1) is 0 Å². The molecule has 0 fully saturated rings. The summed E-state index contributed by atoms with van der Waals surface area (Å²) in [6.07, 6.45) is -2.92. The molecule has 8 heteroatoms. The summed E-state index contributed by atoms with van der Waals surface area (Å²) in [4.78, 5) is 0. The van der Waals surface area contributed by atoms with E-state index in [-0.39, 0.29) is 5.69 Å². The lowest BCUT2D eigenvalue weighted by Crippen LogP contribution is -2.05. The van der Waals surface area contributed by atoms with Crippen LogP contribution in [0.4, 0.5) is 18.9 Å². The molecule has 122 valence electrons. The zero-order chi connectivity index (χ0) is 17.0. The standard InChI is InChI=1S/C15H11Br2F3N2O/c1-23-14-9(5-11(16)7-13(14)17)8-21-22-12-4-2-3-10(6-12)15(18,19)20/h2-8,22H,1H3. The average molecular weight is 452 g/mol. The van der Waals surface area contributed by atoms with E-state index in [0.29, 0.717) is 11.3 Å². The number of halogens is 5. The average Bonchev–Trinajstić information content (AvgIpc) is 2.46. The van der Waals surface area contributed by atoms with Crippen molar-refractivity contribution >= 4 is 43.8 Å². The number of benzene rings is 2. The highest BCUT2D eigenvalue weighted by Gasteiger charge is 2.30. The third kappa shape index (κ3) is 4.71. The number of nitrogens with one attached hydrogen (secondary N) is 1. The molecule has 0 aromatic heterocycles. The highest BCUT2D eigenvalue weighted by Crippen LogP contribution is 2.32. The van der Waals surface area contributed by atoms with Gasteiger partial charge in [0, 0.05) is 10.0 Å². The SMILES string of the molecule is COc1c(Br)cc(Br)cc1C=NNc1cccc(C(F)(F)F)c1. The van der Waals surface area contributed by atoms with Crippen LogP contribution in [-0.2, 0) is 6.18 Å². The fourth-order valence-electron chi connectivity index (χ4n) is 1.83. The predicted molar refractivity (Wildman–Crippen MR) is 91.1 cm³/mol. The monoisotopic (exact) mass is 450 g/mol. The van der Waals surface area contributed by atoms with E-state index in [1.165, 1.54) is 25.5 Å². The van der Waals surface area contributed by atoms with Gasteiger partial charge in [0.05, 0.1) is 29.0 Å². The van der Waals surface area contributed by atoms with E-state index >= 15 is 0 Å². The lowest BCUT2D eigenvalue weighted by Gasteiger charge is -2.09. The molecular formula is C15H11Br2F3N2O. The van der Waals surface area contributed by atoms with Crippen LogP contribution >= 0.6 is 31.9 Å². The Labute approximate surface area is 147 Å². The lowest BCUT2D eigenvalue weighted by atomic mass is 10.2. The van der Waals surface area contributed by atoms with Gasteiger partial charge in [0.2, 0.25) is 0 Å². The molecule has 0 aliphatic rings. The Kier molecular flexibility index (Phi) is 5.69. The van der Waals surface area contributed by atoms with Gasteiger partial charge in [-0.25, -0.2) is 0 Å². The van der Waals surface area contributed by atoms with Gasteiger partial charge in [-0.3, -0.25) is 5.43 Å². The number of anilines is 1. The second kappa shape index (κ2) is 7.35. The molecular weight excluding hydrogens is 441 g/mol. The van der Waals surface area contributed by atoms with Crippen molar-refractivity contribution in [1.29, 1.82) is 0 Å². The molecule has 0 saturated carbocycles. The van der Waals surface area contributed by atoms with Crippen LogP contribution in [0.15, 0.2) is 50.4 Å². The molecule has 2 aromatic carbocycles. The summed E-state index contributed by atoms with van der Waals surface area (Å²) < 4.78 is 44.8. The van der Waals surface area contributed by atoms with Crippen LogP contribution in [0.25, 0.3) is 0 Å². The summed E-state index contributed by atoms with van der Waals surface area (Å²) in [7, 11) is 1.52. The largest absolute Gasteiger partial charge is 0.495 e. The molecule has 1 N–H and O–H groups in total. The summed E-state index contributed by atoms with van der Waals surface area (Å²) in [6, 6.07) is 8.41. The van der Waals surface area contributed by atoms with E-state index in [2.05, 4.69) is 42.4 Å². The Balaban J connectivity index is 2.20. The van der Waals surface area contributed by atoms with Crippen LogP contribution in [-0.4, -0.2) is 13.3 Å². The number of hydrogen-bond donors (Lipinski definition) is 1. The van der Waals surface area contributed by atoms with Crippen LogP contribution in [0.5, 0.6) is 5.75 Å². The van der Waals surface area contributed by atoms with Crippen molar-refractivity contribution in [3.63, 3.8) is 0 Å². The van der Waals surface area contributed by atoms with Gasteiger partial charge in [0.1, 0.15) is 5.75 Å². The fraction of sp³-hybridized carbons (Fsp3) is 0.133. The van der Waals surface area contributed by atoms with Crippen molar-refractivity contribution in [3.05, 3.63) is 56.5 Å². The summed E-state index contributed by atoms with van der Waals surface area (Å²) in [5.74, 6) is 0.572. The van der Waals surface area contributed by atoms with Gasteiger partial charge in [-0.2, -0.15) is 18.3 Å². The molecule has 0 heterocycles. The van der Waals surface area contributed by atoms with E-state index in [4.69, 9.17) is 4.74 Å². The van der Waals surface area contributed by atoms with Crippen molar-refractivity contribution in [2.75, 3.05) is 12.5 Å². The minimum Gasteiger partial charge on any atom is -0.495 e. The van der Waals surface area contributed by atoms with E-state index in [9.17, 15) is 13.2 Å². The van der Waals surface area contributed by atoms with Crippen LogP contribution < -0.4 is 10.2 Å². The third-order valence-electron chi connectivity index (χ3n) is 2.83. The summed E-state index contributed by atoms with van der Waals surface area (Å²) in [6.45, 7) is 0. The fourth-order valence-corrected chi connectivity index (χ4v) is 3.25. The highest BCUT2D eigenvalue weighted by atomic mass is 79.9. The Morgan fingerprint density at radius 3 is 2.57 bits per heavy atom. The Morgan fingerprint density at radius 1 is 1.17 bits per heavy atom. The van der Waals surface area contributed by atoms with E-state index < -0.39 is 11.7 Å². The van der Waals surface area contributed by atoms with Crippen molar-refractivity contribution < 1.29 is 17.9 Å². The molecule has 0 saturated heterocycles. The molecule has 0 unspecified atom stereocenters. The second-order valence-corrected chi connectivity index (χ2v) is 6.23. The topological polar surface area (TPSA) is 33.6 Å². The first-order chi connectivity index (χ1) is 10.8. The van der Waals surface area contributed by atoms with Crippen molar-refractivity contribution in [2.24, 2.45) is 5.10 Å². The Hall–Kier alpha value is -1.54. The van der Waals surface area contributed by atoms with Crippen LogP contribution in [0.1, 0.15) is 11.1 Å². The summed E-state index contributed by atoms with van der Waals surface area (Å²) in [5.41, 5.74) is 2.74. The Morgan fingerprint density at radius 2 is 1.91 bits per heavy atom. The van der Waals surface area contributed by atoms with Gasteiger partial charge < -0.3 is 4.74 Å². The first-order valence-corrected chi connectivity index (χ1v) is 7.89. The molecule has 2 rings (SSSR count). The normalized spacial score (nSPS) is 11.7. The first-order valence-electron chi connectivity index (χ1n) is 6.30. The van der Waals surface area contributed by atoms with Crippen LogP contribution in [0.3, 0.4) is 0 Å². The molecule has 0 radical (unpaired) electrons. The molecule has 23 heavy (non-hydrogen) atoms. The lowest BCUT2D eigenvalue weighted by molar-refractivity contribution is -0.137. The van der Waals surface area contributed by atoms with Gasteiger partial charge in [0.25, 0.3) is 0 Å². The number of methoxy groups -OCH3 is 1. The van der Waals surface area contributed by atoms with Crippen molar-refractivity contribution in [3.8, 4) is 5.75 Å². The molecule has 3 nitrogen and oxygen atoms in total. The van der Waals surface area contributed by atoms with Gasteiger partial charge in [-0.05, 0) is 46.3 Å². The molecule has 2 aromatic rings. The van der Waals surface area contributed by atoms with Crippen molar-refractivity contribution in [2.45, 2.75) is 6.18 Å².